The smallest absolute Gasteiger partial charge is 0.303 e. The molecule has 0 spiro atoms. The van der Waals surface area contributed by atoms with Crippen LogP contribution in [0.3, 0.4) is 0 Å². The number of carboxylic acid groups (broad SMARTS) is 2. The number of hydrogen-bond donors (Lipinski definition) is 6. The molecule has 0 radical (unpaired) electrons. The summed E-state index contributed by atoms with van der Waals surface area (Å²) in [5, 5.41) is 23.5. The molecule has 48 heavy (non-hydrogen) atoms. The van der Waals surface area contributed by atoms with E-state index in [0.29, 0.717) is 24.0 Å². The average Bonchev–Trinajstić information content (AvgIpc) is 3.68. The van der Waals surface area contributed by atoms with Crippen LogP contribution in [-0.2, 0) is 32.0 Å². The van der Waals surface area contributed by atoms with E-state index in [9.17, 15) is 19.2 Å². The fourth-order valence-corrected chi connectivity index (χ4v) is 6.44. The summed E-state index contributed by atoms with van der Waals surface area (Å²) in [6, 6.07) is 11.7. The summed E-state index contributed by atoms with van der Waals surface area (Å²) in [5.41, 5.74) is 14.5. The predicted octanol–water partition coefficient (Wildman–Crippen LogP) is 6.90. The van der Waals surface area contributed by atoms with Crippen molar-refractivity contribution in [2.45, 2.75) is 67.2 Å². The zero-order valence-corrected chi connectivity index (χ0v) is 28.0. The van der Waals surface area contributed by atoms with Crippen LogP contribution in [0.4, 0.5) is 11.4 Å². The molecule has 4 aromatic rings. The van der Waals surface area contributed by atoms with Crippen LogP contribution in [0.1, 0.15) is 80.1 Å². The van der Waals surface area contributed by atoms with Crippen molar-refractivity contribution in [1.29, 1.82) is 0 Å². The maximum atomic E-state index is 12.3. The maximum absolute atomic E-state index is 12.3. The molecule has 6 rings (SSSR count). The number of aliphatic carboxylic acids is 2. The molecule has 0 saturated heterocycles. The van der Waals surface area contributed by atoms with E-state index in [1.54, 1.807) is 0 Å². The zero-order valence-electron chi connectivity index (χ0n) is 28.0. The molecule has 2 aliphatic heterocycles. The van der Waals surface area contributed by atoms with Crippen LogP contribution in [0.5, 0.6) is 0 Å². The second-order valence-electron chi connectivity index (χ2n) is 12.4. The van der Waals surface area contributed by atoms with E-state index in [1.165, 1.54) is 0 Å². The fraction of sp³-hybridized carbons (Fsp3) is 0.263. The van der Waals surface area contributed by atoms with E-state index in [2.05, 4.69) is 20.6 Å². The van der Waals surface area contributed by atoms with Gasteiger partial charge in [-0.3, -0.25) is 19.2 Å². The Balaban J connectivity index is 0.000000188. The summed E-state index contributed by atoms with van der Waals surface area (Å²) in [5.74, 6) is -1.85. The first-order valence-electron chi connectivity index (χ1n) is 15.8. The summed E-state index contributed by atoms with van der Waals surface area (Å²) in [7, 11) is 0. The van der Waals surface area contributed by atoms with Gasteiger partial charge in [-0.1, -0.05) is 23.8 Å². The molecule has 0 aliphatic carbocycles. The van der Waals surface area contributed by atoms with Gasteiger partial charge in [0.15, 0.2) is 0 Å². The first kappa shape index (κ1) is 33.7. The molecule has 0 fully saturated rings. The molecule has 10 heteroatoms. The SMILES string of the molecule is Cc1ccc2c(c1)C(=Cc1[nH]c(C)c(CCC(=O)O)c1C)C(=O)N2.Cc1cccc2c1C(=Cc1[nH]c(C)c(CCC(=O)O)c1C)C(=O)N2. The van der Waals surface area contributed by atoms with Gasteiger partial charge in [0.05, 0.1) is 11.1 Å². The van der Waals surface area contributed by atoms with E-state index < -0.39 is 11.9 Å². The van der Waals surface area contributed by atoms with Crippen LogP contribution in [0, 0.1) is 41.5 Å². The molecule has 0 unspecified atom stereocenters. The van der Waals surface area contributed by atoms with Gasteiger partial charge in [0, 0.05) is 58.1 Å². The van der Waals surface area contributed by atoms with Crippen LogP contribution in [-0.4, -0.2) is 43.9 Å². The van der Waals surface area contributed by atoms with Crippen molar-refractivity contribution in [2.75, 3.05) is 10.6 Å². The quantitative estimate of drug-likeness (QED) is 0.114. The van der Waals surface area contributed by atoms with Gasteiger partial charge >= 0.3 is 11.9 Å². The summed E-state index contributed by atoms with van der Waals surface area (Å²) in [4.78, 5) is 52.8. The van der Waals surface area contributed by atoms with E-state index in [4.69, 9.17) is 10.2 Å². The number of aromatic nitrogens is 2. The molecule has 0 bridgehead atoms. The number of carboxylic acids is 2. The number of hydrogen-bond acceptors (Lipinski definition) is 4. The van der Waals surface area contributed by atoms with Crippen molar-refractivity contribution >= 4 is 58.4 Å². The van der Waals surface area contributed by atoms with Crippen LogP contribution in [0.15, 0.2) is 36.4 Å². The Bertz CT molecular complexity index is 2040. The third kappa shape index (κ3) is 6.88. The lowest BCUT2D eigenvalue weighted by molar-refractivity contribution is -0.138. The van der Waals surface area contributed by atoms with Crippen LogP contribution in [0.25, 0.3) is 23.3 Å². The van der Waals surface area contributed by atoms with Crippen LogP contribution >= 0.6 is 0 Å². The Hall–Kier alpha value is -5.64. The van der Waals surface area contributed by atoms with Gasteiger partial charge in [-0.15, -0.1) is 0 Å². The number of rotatable bonds is 8. The van der Waals surface area contributed by atoms with Crippen molar-refractivity contribution < 1.29 is 29.4 Å². The third-order valence-electron chi connectivity index (χ3n) is 9.01. The molecule has 10 nitrogen and oxygen atoms in total. The van der Waals surface area contributed by atoms with Gasteiger partial charge in [-0.05, 0) is 113 Å². The second-order valence-corrected chi connectivity index (χ2v) is 12.4. The van der Waals surface area contributed by atoms with Crippen molar-refractivity contribution in [3.05, 3.63) is 104 Å². The maximum Gasteiger partial charge on any atom is 0.303 e. The largest absolute Gasteiger partial charge is 0.481 e. The molecule has 248 valence electrons. The first-order chi connectivity index (χ1) is 22.7. The Kier molecular flexibility index (Phi) is 9.56. The lowest BCUT2D eigenvalue weighted by Crippen LogP contribution is -2.03. The molecule has 2 aliphatic rings. The fourth-order valence-electron chi connectivity index (χ4n) is 6.44. The monoisotopic (exact) mass is 648 g/mol. The number of benzene rings is 2. The molecule has 2 amide bonds. The van der Waals surface area contributed by atoms with Crippen LogP contribution in [0.2, 0.25) is 0 Å². The number of nitrogens with one attached hydrogen (secondary N) is 4. The molecule has 0 atom stereocenters. The normalized spacial score (nSPS) is 14.8. The Morgan fingerprint density at radius 2 is 1.21 bits per heavy atom. The number of H-pyrrole nitrogens is 2. The number of anilines is 2. The standard InChI is InChI=1S/2C19H20N2O3/c1-10-4-6-16-14(8-10)15(19(24)21-16)9-17-11(2)13(12(3)20-17)5-7-18(22)23;1-10-5-4-6-15-18(10)14(19(24)21-15)9-16-11(2)13(12(3)20-16)7-8-17(22)23/h4,6,8-9,20H,5,7H2,1-3H3,(H,21,24)(H,22,23);4-6,9,20H,7-8H2,1-3H3,(H,21,24)(H,22,23). The van der Waals surface area contributed by atoms with Gasteiger partial charge in [0.25, 0.3) is 11.8 Å². The van der Waals surface area contributed by atoms with Crippen molar-refractivity contribution in [3.8, 4) is 0 Å². The molecule has 0 saturated carbocycles. The molecule has 4 heterocycles. The van der Waals surface area contributed by atoms with E-state index in [-0.39, 0.29) is 24.7 Å². The minimum Gasteiger partial charge on any atom is -0.481 e. The lowest BCUT2D eigenvalue weighted by Gasteiger charge is -2.03. The lowest BCUT2D eigenvalue weighted by atomic mass is 9.99. The van der Waals surface area contributed by atoms with Gasteiger partial charge in [0.2, 0.25) is 0 Å². The highest BCUT2D eigenvalue weighted by molar-refractivity contribution is 6.35. The van der Waals surface area contributed by atoms with E-state index in [0.717, 1.165) is 78.7 Å². The van der Waals surface area contributed by atoms with Gasteiger partial charge in [0.1, 0.15) is 0 Å². The van der Waals surface area contributed by atoms with Crippen molar-refractivity contribution in [2.24, 2.45) is 0 Å². The predicted molar refractivity (Wildman–Crippen MR) is 188 cm³/mol. The second kappa shape index (κ2) is 13.6. The van der Waals surface area contributed by atoms with E-state index in [1.807, 2.05) is 90.1 Å². The molecule has 2 aromatic heterocycles. The average molecular weight is 649 g/mol. The zero-order chi connectivity index (χ0) is 34.9. The van der Waals surface area contributed by atoms with Crippen LogP contribution < -0.4 is 10.6 Å². The number of aromatic amines is 2. The Morgan fingerprint density at radius 1 is 0.688 bits per heavy atom. The van der Waals surface area contributed by atoms with Crippen molar-refractivity contribution in [1.82, 2.24) is 9.97 Å². The minimum absolute atomic E-state index is 0.0952. The molecule has 2 aromatic carbocycles. The molecular formula is C38H40N4O6. The highest BCUT2D eigenvalue weighted by Gasteiger charge is 2.27. The van der Waals surface area contributed by atoms with Gasteiger partial charge < -0.3 is 30.8 Å². The van der Waals surface area contributed by atoms with Gasteiger partial charge in [-0.2, -0.15) is 0 Å². The summed E-state index contributed by atoms with van der Waals surface area (Å²) in [6.07, 6.45) is 4.87. The topological polar surface area (TPSA) is 164 Å². The first-order valence-corrected chi connectivity index (χ1v) is 15.8. The third-order valence-corrected chi connectivity index (χ3v) is 9.01. The molecule has 6 N–H and O–H groups in total. The number of fused-ring (bicyclic) bond motifs is 2. The highest BCUT2D eigenvalue weighted by atomic mass is 16.4. The van der Waals surface area contributed by atoms with Gasteiger partial charge in [-0.25, -0.2) is 0 Å². The summed E-state index contributed by atoms with van der Waals surface area (Å²) < 4.78 is 0. The number of carbonyl (C=O) groups is 4. The minimum atomic E-state index is -0.811. The summed E-state index contributed by atoms with van der Waals surface area (Å²) in [6.45, 7) is 11.8. The Labute approximate surface area is 279 Å². The number of aryl methyl sites for hydroxylation is 4. The number of carbonyl (C=O) groups excluding carboxylic acids is 2. The number of amides is 2. The van der Waals surface area contributed by atoms with Crippen molar-refractivity contribution in [3.63, 3.8) is 0 Å². The molecular weight excluding hydrogens is 608 g/mol. The Morgan fingerprint density at radius 3 is 1.77 bits per heavy atom. The highest BCUT2D eigenvalue weighted by Crippen LogP contribution is 2.37. The van der Waals surface area contributed by atoms with E-state index >= 15 is 0 Å². The summed E-state index contributed by atoms with van der Waals surface area (Å²) >= 11 is 0.